The van der Waals surface area contributed by atoms with Gasteiger partial charge in [-0.25, -0.2) is 0 Å². The number of allylic oxidation sites excluding steroid dienone is 1. The van der Waals surface area contributed by atoms with Crippen LogP contribution in [0, 0.1) is 0 Å². The number of likely N-dealkylation sites (tertiary alicyclic amines) is 1. The van der Waals surface area contributed by atoms with Crippen LogP contribution in [0.2, 0.25) is 0 Å². The van der Waals surface area contributed by atoms with Gasteiger partial charge in [-0.3, -0.25) is 4.90 Å². The molecule has 1 heterocycles. The predicted octanol–water partition coefficient (Wildman–Crippen LogP) is 3.41. The lowest BCUT2D eigenvalue weighted by Gasteiger charge is -2.17. The Morgan fingerprint density at radius 1 is 1.33 bits per heavy atom. The van der Waals surface area contributed by atoms with Crippen LogP contribution in [0.3, 0.4) is 0 Å². The normalized spacial score (nSPS) is 18.9. The first kappa shape index (κ1) is 14.8. The minimum Gasteiger partial charge on any atom is -0.385 e. The van der Waals surface area contributed by atoms with E-state index in [0.717, 1.165) is 18.8 Å². The lowest BCUT2D eigenvalue weighted by atomic mass is 10.2. The van der Waals surface area contributed by atoms with Gasteiger partial charge in [-0.2, -0.15) is 0 Å². The van der Waals surface area contributed by atoms with Crippen molar-refractivity contribution in [2.75, 3.05) is 13.1 Å². The number of nitrogens with one attached hydrogen (secondary N) is 1. The summed E-state index contributed by atoms with van der Waals surface area (Å²) in [6, 6.07) is 11.3. The summed E-state index contributed by atoms with van der Waals surface area (Å²) in [5.41, 5.74) is 2.48. The Hall–Kier alpha value is -1.28. The number of hydrogen-bond donors (Lipinski definition) is 1. The summed E-state index contributed by atoms with van der Waals surface area (Å²) in [4.78, 5) is 2.50. The zero-order chi connectivity index (χ0) is 13.4. The molecule has 1 aromatic rings. The van der Waals surface area contributed by atoms with Gasteiger partial charge in [0.2, 0.25) is 0 Å². The third kappa shape index (κ3) is 4.92. The largest absolute Gasteiger partial charge is 0.385 e. The molecule has 1 atom stereocenters. The summed E-state index contributed by atoms with van der Waals surface area (Å²) in [6.45, 7) is 13.3. The van der Waals surface area contributed by atoms with Crippen LogP contribution >= 0.6 is 0 Å². The molecule has 1 fully saturated rings. The molecule has 0 bridgehead atoms. The van der Waals surface area contributed by atoms with Crippen molar-refractivity contribution >= 4 is 0 Å². The first-order valence-corrected chi connectivity index (χ1v) is 6.92. The van der Waals surface area contributed by atoms with Crippen molar-refractivity contribution in [3.05, 3.63) is 48.2 Å². The second-order valence-electron chi connectivity index (χ2n) is 4.63. The zero-order valence-electron chi connectivity index (χ0n) is 11.9. The van der Waals surface area contributed by atoms with Gasteiger partial charge in [0, 0.05) is 31.4 Å². The SMILES string of the molecule is C=C(C)NC1CCN(Cc2ccccc2)C1.CC. The summed E-state index contributed by atoms with van der Waals surface area (Å²) in [5, 5.41) is 3.42. The fourth-order valence-corrected chi connectivity index (χ4v) is 2.28. The molecule has 18 heavy (non-hydrogen) atoms. The molecular weight excluding hydrogens is 220 g/mol. The summed E-state index contributed by atoms with van der Waals surface area (Å²) in [7, 11) is 0. The molecule has 1 aromatic carbocycles. The van der Waals surface area contributed by atoms with E-state index in [9.17, 15) is 0 Å². The van der Waals surface area contributed by atoms with E-state index in [4.69, 9.17) is 0 Å². The molecule has 1 aliphatic heterocycles. The van der Waals surface area contributed by atoms with Gasteiger partial charge < -0.3 is 5.32 Å². The maximum atomic E-state index is 3.90. The molecule has 1 saturated heterocycles. The number of rotatable bonds is 4. The van der Waals surface area contributed by atoms with Crippen LogP contribution < -0.4 is 5.32 Å². The predicted molar refractivity (Wildman–Crippen MR) is 79.4 cm³/mol. The minimum absolute atomic E-state index is 0.584. The topological polar surface area (TPSA) is 15.3 Å². The Labute approximate surface area is 112 Å². The van der Waals surface area contributed by atoms with E-state index < -0.39 is 0 Å². The van der Waals surface area contributed by atoms with E-state index in [1.807, 2.05) is 20.8 Å². The molecule has 0 saturated carbocycles. The van der Waals surface area contributed by atoms with Gasteiger partial charge in [0.1, 0.15) is 0 Å². The van der Waals surface area contributed by atoms with Crippen LogP contribution in [0.25, 0.3) is 0 Å². The van der Waals surface area contributed by atoms with Crippen LogP contribution in [0.5, 0.6) is 0 Å². The Kier molecular flexibility index (Phi) is 6.51. The highest BCUT2D eigenvalue weighted by atomic mass is 15.2. The van der Waals surface area contributed by atoms with Crippen molar-refractivity contribution in [1.82, 2.24) is 10.2 Å². The van der Waals surface area contributed by atoms with Gasteiger partial charge in [-0.1, -0.05) is 50.8 Å². The third-order valence-electron chi connectivity index (χ3n) is 2.97. The van der Waals surface area contributed by atoms with Crippen molar-refractivity contribution in [3.63, 3.8) is 0 Å². The maximum Gasteiger partial charge on any atom is 0.0397 e. The molecule has 100 valence electrons. The van der Waals surface area contributed by atoms with Crippen LogP contribution in [0.4, 0.5) is 0 Å². The average Bonchev–Trinajstić information content (AvgIpc) is 2.79. The van der Waals surface area contributed by atoms with Gasteiger partial charge in [-0.15, -0.1) is 0 Å². The summed E-state index contributed by atoms with van der Waals surface area (Å²) < 4.78 is 0. The molecule has 2 nitrogen and oxygen atoms in total. The second-order valence-corrected chi connectivity index (χ2v) is 4.63. The molecule has 1 N–H and O–H groups in total. The highest BCUT2D eigenvalue weighted by Gasteiger charge is 2.21. The summed E-state index contributed by atoms with van der Waals surface area (Å²) >= 11 is 0. The van der Waals surface area contributed by atoms with Crippen LogP contribution in [-0.4, -0.2) is 24.0 Å². The van der Waals surface area contributed by atoms with Crippen molar-refractivity contribution < 1.29 is 0 Å². The van der Waals surface area contributed by atoms with Crippen molar-refractivity contribution in [3.8, 4) is 0 Å². The fourth-order valence-electron chi connectivity index (χ4n) is 2.28. The Morgan fingerprint density at radius 3 is 2.61 bits per heavy atom. The van der Waals surface area contributed by atoms with Gasteiger partial charge in [0.15, 0.2) is 0 Å². The monoisotopic (exact) mass is 246 g/mol. The van der Waals surface area contributed by atoms with E-state index >= 15 is 0 Å². The molecule has 0 aromatic heterocycles. The zero-order valence-corrected chi connectivity index (χ0v) is 11.9. The van der Waals surface area contributed by atoms with Crippen LogP contribution in [-0.2, 0) is 6.54 Å². The summed E-state index contributed by atoms with van der Waals surface area (Å²) in [5.74, 6) is 0. The maximum absolute atomic E-state index is 3.90. The smallest absolute Gasteiger partial charge is 0.0397 e. The Morgan fingerprint density at radius 2 is 2.00 bits per heavy atom. The molecule has 1 unspecified atom stereocenters. The molecule has 0 amide bonds. The molecule has 2 heteroatoms. The van der Waals surface area contributed by atoms with Crippen LogP contribution in [0.15, 0.2) is 42.6 Å². The fraction of sp³-hybridized carbons (Fsp3) is 0.500. The number of hydrogen-bond acceptors (Lipinski definition) is 2. The van der Waals surface area contributed by atoms with E-state index in [2.05, 4.69) is 47.1 Å². The quantitative estimate of drug-likeness (QED) is 0.876. The van der Waals surface area contributed by atoms with Crippen LogP contribution in [0.1, 0.15) is 32.8 Å². The van der Waals surface area contributed by atoms with Gasteiger partial charge in [0.25, 0.3) is 0 Å². The molecular formula is C16H26N2. The highest BCUT2D eigenvalue weighted by molar-refractivity contribution is 5.14. The Bertz CT molecular complexity index is 345. The lowest BCUT2D eigenvalue weighted by Crippen LogP contribution is -2.30. The van der Waals surface area contributed by atoms with Crippen molar-refractivity contribution in [2.45, 2.75) is 39.8 Å². The lowest BCUT2D eigenvalue weighted by molar-refractivity contribution is 0.323. The van der Waals surface area contributed by atoms with E-state index in [1.165, 1.54) is 18.5 Å². The van der Waals surface area contributed by atoms with Gasteiger partial charge in [0.05, 0.1) is 0 Å². The average molecular weight is 246 g/mol. The first-order valence-electron chi connectivity index (χ1n) is 6.92. The van der Waals surface area contributed by atoms with Gasteiger partial charge >= 0.3 is 0 Å². The molecule has 0 aliphatic carbocycles. The molecule has 0 radical (unpaired) electrons. The standard InChI is InChI=1S/C14H20N2.C2H6/c1-12(2)15-14-8-9-16(11-14)10-13-6-4-3-5-7-13;1-2/h3-7,14-15H,1,8-11H2,2H3;1-2H3. The molecule has 1 aliphatic rings. The molecule has 0 spiro atoms. The van der Waals surface area contributed by atoms with E-state index in [-0.39, 0.29) is 0 Å². The Balaban J connectivity index is 0.000000771. The highest BCUT2D eigenvalue weighted by Crippen LogP contribution is 2.13. The minimum atomic E-state index is 0.584. The molecule has 2 rings (SSSR count). The van der Waals surface area contributed by atoms with Crippen molar-refractivity contribution in [1.29, 1.82) is 0 Å². The summed E-state index contributed by atoms with van der Waals surface area (Å²) in [6.07, 6.45) is 1.22. The number of nitrogens with zero attached hydrogens (tertiary/aromatic N) is 1. The van der Waals surface area contributed by atoms with E-state index in [0.29, 0.717) is 6.04 Å². The van der Waals surface area contributed by atoms with Crippen molar-refractivity contribution in [2.24, 2.45) is 0 Å². The number of benzene rings is 1. The van der Waals surface area contributed by atoms with E-state index in [1.54, 1.807) is 0 Å². The second kappa shape index (κ2) is 7.93. The first-order chi connectivity index (χ1) is 8.74. The third-order valence-corrected chi connectivity index (χ3v) is 2.97. The van der Waals surface area contributed by atoms with Gasteiger partial charge in [-0.05, 0) is 18.9 Å².